The van der Waals surface area contributed by atoms with E-state index in [1.807, 2.05) is 0 Å². The molecule has 2 aliphatic rings. The van der Waals surface area contributed by atoms with Crippen LogP contribution in [0.15, 0.2) is 16.6 Å². The third kappa shape index (κ3) is 1.98. The molecule has 98 valence electrons. The largest absolute Gasteiger partial charge is 0.311 e. The highest BCUT2D eigenvalue weighted by Gasteiger charge is 2.46. The molecular weight excluding hydrogens is 324 g/mol. The molecular formula is C13H13BrClF2N. The van der Waals surface area contributed by atoms with Gasteiger partial charge in [0.25, 0.3) is 0 Å². The maximum Gasteiger partial charge on any atom is 0.149 e. The van der Waals surface area contributed by atoms with Gasteiger partial charge in [0.2, 0.25) is 0 Å². The van der Waals surface area contributed by atoms with Gasteiger partial charge >= 0.3 is 0 Å². The second kappa shape index (κ2) is 4.43. The van der Waals surface area contributed by atoms with Crippen LogP contribution in [0.4, 0.5) is 8.78 Å². The predicted octanol–water partition coefficient (Wildman–Crippen LogP) is 4.32. The van der Waals surface area contributed by atoms with Crippen molar-refractivity contribution in [3.63, 3.8) is 0 Å². The minimum Gasteiger partial charge on any atom is -0.311 e. The van der Waals surface area contributed by atoms with Gasteiger partial charge in [-0.15, -0.1) is 0 Å². The summed E-state index contributed by atoms with van der Waals surface area (Å²) in [6.07, 6.45) is 2.61. The lowest BCUT2D eigenvalue weighted by Gasteiger charge is -2.35. The molecule has 2 saturated heterocycles. The zero-order chi connectivity index (χ0) is 12.9. The van der Waals surface area contributed by atoms with Crippen LogP contribution in [-0.2, 0) is 5.67 Å². The molecule has 1 N–H and O–H groups in total. The summed E-state index contributed by atoms with van der Waals surface area (Å²) in [6, 6.07) is 3.45. The molecule has 1 aromatic carbocycles. The number of hydrogen-bond acceptors (Lipinski definition) is 1. The summed E-state index contributed by atoms with van der Waals surface area (Å²) < 4.78 is 29.7. The molecule has 2 bridgehead atoms. The fourth-order valence-electron chi connectivity index (χ4n) is 3.18. The summed E-state index contributed by atoms with van der Waals surface area (Å²) in [7, 11) is 0. The Morgan fingerprint density at radius 1 is 1.28 bits per heavy atom. The third-order valence-electron chi connectivity index (χ3n) is 3.99. The fraction of sp³-hybridized carbons (Fsp3) is 0.538. The molecule has 3 rings (SSSR count). The third-order valence-corrected chi connectivity index (χ3v) is 5.25. The molecule has 5 heteroatoms. The van der Waals surface area contributed by atoms with E-state index in [1.165, 1.54) is 6.07 Å². The Balaban J connectivity index is 2.01. The monoisotopic (exact) mass is 335 g/mol. The van der Waals surface area contributed by atoms with Crippen LogP contribution in [0.25, 0.3) is 0 Å². The maximum atomic E-state index is 15.1. The van der Waals surface area contributed by atoms with E-state index in [1.54, 1.807) is 6.07 Å². The molecule has 2 aliphatic heterocycles. The highest BCUT2D eigenvalue weighted by atomic mass is 79.9. The first-order chi connectivity index (χ1) is 8.49. The van der Waals surface area contributed by atoms with Crippen molar-refractivity contribution in [3.05, 3.63) is 33.0 Å². The number of rotatable bonds is 1. The van der Waals surface area contributed by atoms with E-state index in [4.69, 9.17) is 11.6 Å². The Hall–Kier alpha value is -0.190. The van der Waals surface area contributed by atoms with Gasteiger partial charge in [-0.1, -0.05) is 17.7 Å². The number of benzene rings is 1. The van der Waals surface area contributed by atoms with Gasteiger partial charge in [-0.2, -0.15) is 0 Å². The highest BCUT2D eigenvalue weighted by molar-refractivity contribution is 9.10. The van der Waals surface area contributed by atoms with Gasteiger partial charge in [-0.05, 0) is 34.8 Å². The van der Waals surface area contributed by atoms with E-state index in [-0.39, 0.29) is 22.7 Å². The van der Waals surface area contributed by atoms with Gasteiger partial charge in [0.15, 0.2) is 0 Å². The molecule has 2 fully saturated rings. The minimum atomic E-state index is -1.59. The quantitative estimate of drug-likeness (QED) is 0.753. The van der Waals surface area contributed by atoms with Crippen LogP contribution >= 0.6 is 27.5 Å². The summed E-state index contributed by atoms with van der Waals surface area (Å²) in [5, 5.41) is 3.32. The molecule has 1 nitrogen and oxygen atoms in total. The molecule has 2 unspecified atom stereocenters. The van der Waals surface area contributed by atoms with Crippen molar-refractivity contribution >= 4 is 27.5 Å². The van der Waals surface area contributed by atoms with Gasteiger partial charge in [0.05, 0.1) is 5.02 Å². The van der Waals surface area contributed by atoms with E-state index < -0.39 is 11.5 Å². The Labute approximate surface area is 118 Å². The van der Waals surface area contributed by atoms with Crippen LogP contribution in [0.5, 0.6) is 0 Å². The first-order valence-electron chi connectivity index (χ1n) is 6.08. The van der Waals surface area contributed by atoms with E-state index in [9.17, 15) is 4.39 Å². The lowest BCUT2D eigenvalue weighted by atomic mass is 9.83. The lowest BCUT2D eigenvalue weighted by molar-refractivity contribution is 0.0833. The summed E-state index contributed by atoms with van der Waals surface area (Å²) in [5.74, 6) is -0.630. The average molecular weight is 337 g/mol. The number of hydrogen-bond donors (Lipinski definition) is 1. The molecule has 0 radical (unpaired) electrons. The molecule has 2 atom stereocenters. The summed E-state index contributed by atoms with van der Waals surface area (Å²) in [6.45, 7) is 0. The Morgan fingerprint density at radius 3 is 2.50 bits per heavy atom. The summed E-state index contributed by atoms with van der Waals surface area (Å²) in [4.78, 5) is 0. The van der Waals surface area contributed by atoms with Crippen molar-refractivity contribution in [2.24, 2.45) is 0 Å². The molecule has 0 saturated carbocycles. The van der Waals surface area contributed by atoms with Crippen molar-refractivity contribution in [2.75, 3.05) is 0 Å². The molecule has 1 aromatic rings. The molecule has 0 spiro atoms. The fourth-order valence-corrected chi connectivity index (χ4v) is 3.65. The first kappa shape index (κ1) is 12.8. The van der Waals surface area contributed by atoms with Gasteiger partial charge in [-0.25, -0.2) is 8.78 Å². The maximum absolute atomic E-state index is 15.1. The molecule has 18 heavy (non-hydrogen) atoms. The minimum absolute atomic E-state index is 0.0320. The van der Waals surface area contributed by atoms with E-state index in [0.717, 1.165) is 12.8 Å². The highest BCUT2D eigenvalue weighted by Crippen LogP contribution is 2.46. The van der Waals surface area contributed by atoms with Crippen molar-refractivity contribution in [1.29, 1.82) is 0 Å². The van der Waals surface area contributed by atoms with E-state index >= 15 is 4.39 Å². The SMILES string of the molecule is Fc1c(C2(F)CC3CCC(C2)N3)ccc(Br)c1Cl. The topological polar surface area (TPSA) is 12.0 Å². The zero-order valence-corrected chi connectivity index (χ0v) is 12.0. The summed E-state index contributed by atoms with van der Waals surface area (Å²) >= 11 is 9.00. The van der Waals surface area contributed by atoms with Crippen molar-refractivity contribution in [1.82, 2.24) is 5.32 Å². The van der Waals surface area contributed by atoms with Crippen LogP contribution in [0.2, 0.25) is 5.02 Å². The van der Waals surface area contributed by atoms with Gasteiger partial charge in [-0.3, -0.25) is 0 Å². The molecule has 2 heterocycles. The van der Waals surface area contributed by atoms with Crippen LogP contribution in [-0.4, -0.2) is 12.1 Å². The number of fused-ring (bicyclic) bond motifs is 2. The number of alkyl halides is 1. The van der Waals surface area contributed by atoms with Gasteiger partial charge < -0.3 is 5.32 Å². The normalized spacial score (nSPS) is 34.9. The molecule has 0 aliphatic carbocycles. The standard InChI is InChI=1S/C13H13BrClF2N/c14-10-4-3-9(12(16)11(10)15)13(17)5-7-1-2-8(6-13)18-7/h3-4,7-8,18H,1-2,5-6H2. The van der Waals surface area contributed by atoms with Crippen molar-refractivity contribution < 1.29 is 8.78 Å². The molecule has 0 amide bonds. The number of piperidine rings is 1. The Bertz CT molecular complexity index is 482. The van der Waals surface area contributed by atoms with Crippen LogP contribution in [0.3, 0.4) is 0 Å². The predicted molar refractivity (Wildman–Crippen MR) is 71.1 cm³/mol. The van der Waals surface area contributed by atoms with Gasteiger partial charge in [0, 0.05) is 35.0 Å². The number of nitrogens with one attached hydrogen (secondary N) is 1. The Kier molecular flexibility index (Phi) is 3.15. The zero-order valence-electron chi connectivity index (χ0n) is 9.65. The average Bonchev–Trinajstić information content (AvgIpc) is 2.66. The smallest absolute Gasteiger partial charge is 0.149 e. The first-order valence-corrected chi connectivity index (χ1v) is 7.26. The Morgan fingerprint density at radius 2 is 1.89 bits per heavy atom. The van der Waals surface area contributed by atoms with E-state index in [0.29, 0.717) is 17.3 Å². The second-order valence-corrected chi connectivity index (χ2v) is 6.47. The van der Waals surface area contributed by atoms with Gasteiger partial charge in [0.1, 0.15) is 11.5 Å². The van der Waals surface area contributed by atoms with Crippen LogP contribution < -0.4 is 5.32 Å². The second-order valence-electron chi connectivity index (χ2n) is 5.23. The lowest BCUT2D eigenvalue weighted by Crippen LogP contribution is -2.44. The van der Waals surface area contributed by atoms with E-state index in [2.05, 4.69) is 21.2 Å². The van der Waals surface area contributed by atoms with Crippen molar-refractivity contribution in [3.8, 4) is 0 Å². The van der Waals surface area contributed by atoms with Crippen LogP contribution in [0.1, 0.15) is 31.2 Å². The van der Waals surface area contributed by atoms with Crippen LogP contribution in [0, 0.1) is 5.82 Å². The molecule has 0 aromatic heterocycles. The van der Waals surface area contributed by atoms with Crippen molar-refractivity contribution in [2.45, 2.75) is 43.4 Å². The summed E-state index contributed by atoms with van der Waals surface area (Å²) in [5.41, 5.74) is -1.49. The number of halogens is 4.